The van der Waals surface area contributed by atoms with Gasteiger partial charge in [0.15, 0.2) is 0 Å². The number of furan rings is 1. The summed E-state index contributed by atoms with van der Waals surface area (Å²) in [6, 6.07) is 12.4. The van der Waals surface area contributed by atoms with Crippen LogP contribution in [0.25, 0.3) is 22.2 Å². The number of methoxy groups -OCH3 is 1. The molecule has 142 valence electrons. The molecule has 0 aliphatic carbocycles. The minimum Gasteiger partial charge on any atom is -0.497 e. The number of nitrogens with one attached hydrogen (secondary N) is 2. The molecule has 0 fully saturated rings. The monoisotopic (exact) mass is 440 g/mol. The molecule has 28 heavy (non-hydrogen) atoms. The van der Waals surface area contributed by atoms with Crippen molar-refractivity contribution in [3.8, 4) is 17.0 Å². The van der Waals surface area contributed by atoms with Gasteiger partial charge in [-0.2, -0.15) is 5.10 Å². The number of hydrogen-bond acceptors (Lipinski definition) is 4. The van der Waals surface area contributed by atoms with E-state index in [-0.39, 0.29) is 6.03 Å². The Balaban J connectivity index is 1.65. The summed E-state index contributed by atoms with van der Waals surface area (Å²) in [5.41, 5.74) is 3.68. The molecule has 8 heteroatoms. The fraction of sp³-hybridized carbons (Fsp3) is 0.100. The number of fused-ring (bicyclic) bond motifs is 1. The summed E-state index contributed by atoms with van der Waals surface area (Å²) in [7, 11) is 3.43. The lowest BCUT2D eigenvalue weighted by Gasteiger charge is -2.11. The number of nitrogens with zero attached hydrogens (tertiary/aromatic N) is 2. The first-order chi connectivity index (χ1) is 13.5. The Labute approximate surface area is 169 Å². The Morgan fingerprint density at radius 2 is 2.00 bits per heavy atom. The summed E-state index contributed by atoms with van der Waals surface area (Å²) in [5.74, 6) is 0.668. The second-order valence-electron chi connectivity index (χ2n) is 6.14. The highest BCUT2D eigenvalue weighted by atomic mass is 79.9. The number of urea groups is 1. The molecule has 2 aromatic heterocycles. The van der Waals surface area contributed by atoms with Gasteiger partial charge in [-0.15, -0.1) is 0 Å². The molecule has 4 rings (SSSR count). The quantitative estimate of drug-likeness (QED) is 0.454. The summed E-state index contributed by atoms with van der Waals surface area (Å²) >= 11 is 3.52. The molecule has 0 spiro atoms. The molecule has 0 aliphatic heterocycles. The maximum atomic E-state index is 12.5. The molecule has 4 aromatic rings. The van der Waals surface area contributed by atoms with Crippen molar-refractivity contribution in [2.24, 2.45) is 7.05 Å². The first-order valence-corrected chi connectivity index (χ1v) is 9.25. The van der Waals surface area contributed by atoms with Gasteiger partial charge in [0.05, 0.1) is 29.7 Å². The molecular formula is C20H17BrN4O3. The Kier molecular flexibility index (Phi) is 4.79. The molecule has 2 amide bonds. The number of benzene rings is 2. The van der Waals surface area contributed by atoms with E-state index in [0.717, 1.165) is 26.7 Å². The largest absolute Gasteiger partial charge is 0.497 e. The van der Waals surface area contributed by atoms with Crippen LogP contribution in [0.2, 0.25) is 0 Å². The molecule has 0 aliphatic rings. The standard InChI is InChI=1S/C20H17BrN4O3/c1-25-18(17(21)11-22-25)16-10-14(8-12-6-7-28-19(12)16)24-20(26)23-13-4-3-5-15(9-13)27-2/h3-11H,1-2H3,(H2,23,24,26). The van der Waals surface area contributed by atoms with Gasteiger partial charge in [0.25, 0.3) is 0 Å². The third kappa shape index (κ3) is 3.46. The van der Waals surface area contributed by atoms with Gasteiger partial charge in [-0.3, -0.25) is 4.68 Å². The lowest BCUT2D eigenvalue weighted by atomic mass is 10.1. The van der Waals surface area contributed by atoms with Crippen LogP contribution in [0.15, 0.2) is 63.8 Å². The fourth-order valence-corrected chi connectivity index (χ4v) is 3.60. The van der Waals surface area contributed by atoms with Crippen molar-refractivity contribution in [1.29, 1.82) is 0 Å². The van der Waals surface area contributed by atoms with Crippen LogP contribution in [0.4, 0.5) is 16.2 Å². The van der Waals surface area contributed by atoms with Crippen molar-refractivity contribution in [3.05, 3.63) is 59.4 Å². The van der Waals surface area contributed by atoms with Crippen molar-refractivity contribution < 1.29 is 13.9 Å². The van der Waals surface area contributed by atoms with Gasteiger partial charge in [-0.25, -0.2) is 4.79 Å². The van der Waals surface area contributed by atoms with Crippen LogP contribution >= 0.6 is 15.9 Å². The lowest BCUT2D eigenvalue weighted by Crippen LogP contribution is -2.19. The molecule has 0 saturated heterocycles. The Morgan fingerprint density at radius 3 is 2.75 bits per heavy atom. The van der Waals surface area contributed by atoms with Gasteiger partial charge in [0.1, 0.15) is 11.3 Å². The molecular weight excluding hydrogens is 424 g/mol. The van der Waals surface area contributed by atoms with Crippen LogP contribution in [-0.4, -0.2) is 22.9 Å². The highest BCUT2D eigenvalue weighted by Crippen LogP contribution is 2.36. The maximum absolute atomic E-state index is 12.5. The minimum atomic E-state index is -0.355. The number of halogens is 1. The second-order valence-corrected chi connectivity index (χ2v) is 6.99. The van der Waals surface area contributed by atoms with Gasteiger partial charge in [0.2, 0.25) is 0 Å². The molecule has 0 saturated carbocycles. The van der Waals surface area contributed by atoms with Gasteiger partial charge in [-0.05, 0) is 46.3 Å². The highest BCUT2D eigenvalue weighted by molar-refractivity contribution is 9.10. The summed E-state index contributed by atoms with van der Waals surface area (Å²) in [6.45, 7) is 0. The average Bonchev–Trinajstić information content (AvgIpc) is 3.27. The summed E-state index contributed by atoms with van der Waals surface area (Å²) < 4.78 is 13.4. The zero-order valence-corrected chi connectivity index (χ0v) is 16.8. The van der Waals surface area contributed by atoms with E-state index in [1.54, 1.807) is 36.4 Å². The number of aryl methyl sites for hydroxylation is 1. The van der Waals surface area contributed by atoms with Crippen LogP contribution in [0.1, 0.15) is 0 Å². The third-order valence-electron chi connectivity index (χ3n) is 4.29. The van der Waals surface area contributed by atoms with Gasteiger partial charge in [-0.1, -0.05) is 6.07 Å². The number of ether oxygens (including phenoxy) is 1. The van der Waals surface area contributed by atoms with E-state index < -0.39 is 0 Å². The molecule has 2 aromatic carbocycles. The first kappa shape index (κ1) is 18.1. The van der Waals surface area contributed by atoms with E-state index in [0.29, 0.717) is 17.1 Å². The number of carbonyl (C=O) groups is 1. The zero-order valence-electron chi connectivity index (χ0n) is 15.2. The van der Waals surface area contributed by atoms with Gasteiger partial charge < -0.3 is 19.8 Å². The van der Waals surface area contributed by atoms with Crippen molar-refractivity contribution in [2.45, 2.75) is 0 Å². The smallest absolute Gasteiger partial charge is 0.323 e. The van der Waals surface area contributed by atoms with Crippen LogP contribution < -0.4 is 15.4 Å². The van der Waals surface area contributed by atoms with E-state index in [9.17, 15) is 4.79 Å². The van der Waals surface area contributed by atoms with E-state index in [1.165, 1.54) is 0 Å². The van der Waals surface area contributed by atoms with Crippen molar-refractivity contribution in [1.82, 2.24) is 9.78 Å². The molecule has 2 heterocycles. The number of rotatable bonds is 4. The molecule has 2 N–H and O–H groups in total. The molecule has 0 atom stereocenters. The Bertz CT molecular complexity index is 1150. The van der Waals surface area contributed by atoms with Crippen molar-refractivity contribution in [3.63, 3.8) is 0 Å². The topological polar surface area (TPSA) is 81.3 Å². The molecule has 0 radical (unpaired) electrons. The number of hydrogen-bond donors (Lipinski definition) is 2. The van der Waals surface area contributed by atoms with Gasteiger partial charge >= 0.3 is 6.03 Å². The lowest BCUT2D eigenvalue weighted by molar-refractivity contribution is 0.262. The van der Waals surface area contributed by atoms with Crippen LogP contribution in [-0.2, 0) is 7.05 Å². The summed E-state index contributed by atoms with van der Waals surface area (Å²) in [6.07, 6.45) is 3.35. The minimum absolute atomic E-state index is 0.355. The van der Waals surface area contributed by atoms with E-state index in [1.807, 2.05) is 37.4 Å². The molecule has 0 bridgehead atoms. The fourth-order valence-electron chi connectivity index (χ4n) is 3.04. The first-order valence-electron chi connectivity index (χ1n) is 8.46. The van der Waals surface area contributed by atoms with Crippen molar-refractivity contribution >= 4 is 44.3 Å². The van der Waals surface area contributed by atoms with Crippen LogP contribution in [0, 0.1) is 0 Å². The third-order valence-corrected chi connectivity index (χ3v) is 4.87. The Morgan fingerprint density at radius 1 is 1.18 bits per heavy atom. The SMILES string of the molecule is COc1cccc(NC(=O)Nc2cc(-c3c(Br)cnn3C)c3occc3c2)c1. The number of amides is 2. The van der Waals surface area contributed by atoms with E-state index in [2.05, 4.69) is 31.7 Å². The summed E-state index contributed by atoms with van der Waals surface area (Å²) in [5, 5.41) is 10.8. The van der Waals surface area contributed by atoms with E-state index >= 15 is 0 Å². The summed E-state index contributed by atoms with van der Waals surface area (Å²) in [4.78, 5) is 12.5. The van der Waals surface area contributed by atoms with E-state index in [4.69, 9.17) is 9.15 Å². The Hall–Kier alpha value is -3.26. The molecule has 0 unspecified atom stereocenters. The van der Waals surface area contributed by atoms with Crippen molar-refractivity contribution in [2.75, 3.05) is 17.7 Å². The van der Waals surface area contributed by atoms with Crippen LogP contribution in [0.5, 0.6) is 5.75 Å². The maximum Gasteiger partial charge on any atom is 0.323 e. The predicted octanol–water partition coefficient (Wildman–Crippen LogP) is 5.25. The van der Waals surface area contributed by atoms with Crippen LogP contribution in [0.3, 0.4) is 0 Å². The second kappa shape index (κ2) is 7.40. The zero-order chi connectivity index (χ0) is 19.7. The normalized spacial score (nSPS) is 10.8. The number of aromatic nitrogens is 2. The highest BCUT2D eigenvalue weighted by Gasteiger charge is 2.16. The van der Waals surface area contributed by atoms with Gasteiger partial charge in [0, 0.05) is 35.4 Å². The number of carbonyl (C=O) groups excluding carboxylic acids is 1. The number of anilines is 2. The predicted molar refractivity (Wildman–Crippen MR) is 112 cm³/mol. The average molecular weight is 441 g/mol. The molecule has 7 nitrogen and oxygen atoms in total.